The molecule has 1 unspecified atom stereocenters. The highest BCUT2D eigenvalue weighted by Crippen LogP contribution is 2.49. The van der Waals surface area contributed by atoms with Crippen LogP contribution in [0, 0.1) is 5.92 Å². The molecule has 0 amide bonds. The Balaban J connectivity index is 1.51. The summed E-state index contributed by atoms with van der Waals surface area (Å²) in [6, 6.07) is 27.7. The third-order valence-corrected chi connectivity index (χ3v) is 10.6. The molecule has 34 heavy (non-hydrogen) atoms. The van der Waals surface area contributed by atoms with Crippen LogP contribution < -0.4 is 0 Å². The Labute approximate surface area is 224 Å². The van der Waals surface area contributed by atoms with Crippen molar-refractivity contribution in [1.82, 2.24) is 8.61 Å². The Morgan fingerprint density at radius 3 is 2.06 bits per heavy atom. The fourth-order valence-corrected chi connectivity index (χ4v) is 8.93. The van der Waals surface area contributed by atoms with E-state index in [1.54, 1.807) is 21.3 Å². The highest BCUT2D eigenvalue weighted by atomic mass is 127. The smallest absolute Gasteiger partial charge is 0.140 e. The zero-order valence-electron chi connectivity index (χ0n) is 18.3. The summed E-state index contributed by atoms with van der Waals surface area (Å²) in [5.74, 6) is 0.0728. The number of benzene rings is 3. The van der Waals surface area contributed by atoms with Gasteiger partial charge in [-0.2, -0.15) is 0 Å². The maximum Gasteiger partial charge on any atom is 0.140 e. The SMILES string of the molecule is O=C1C[C@@H](c2ccccc2)N(SI)[C@H]2C[C@@H](c3ccccc3)N(S(=O)c3ccc(Cl)cc3)C[C@@H]12. The maximum absolute atomic E-state index is 13.8. The summed E-state index contributed by atoms with van der Waals surface area (Å²) in [5, 5.41) is 0.614. The van der Waals surface area contributed by atoms with E-state index in [4.69, 9.17) is 11.6 Å². The lowest BCUT2D eigenvalue weighted by Gasteiger charge is -2.50. The number of ketones is 1. The molecule has 2 aliphatic heterocycles. The molecule has 0 saturated carbocycles. The highest BCUT2D eigenvalue weighted by molar-refractivity contribution is 14.2. The van der Waals surface area contributed by atoms with Gasteiger partial charge in [-0.25, -0.2) is 12.8 Å². The summed E-state index contributed by atoms with van der Waals surface area (Å²) >= 11 is 8.41. The van der Waals surface area contributed by atoms with Gasteiger partial charge in [0.2, 0.25) is 0 Å². The normalized spacial score (nSPS) is 26.7. The van der Waals surface area contributed by atoms with Crippen LogP contribution in [-0.2, 0) is 15.8 Å². The molecule has 3 aromatic rings. The maximum atomic E-state index is 13.8. The number of hydrogen-bond acceptors (Lipinski definition) is 4. The van der Waals surface area contributed by atoms with Crippen LogP contribution >= 0.6 is 41.9 Å². The zero-order valence-corrected chi connectivity index (χ0v) is 22.8. The second-order valence-corrected chi connectivity index (χ2v) is 12.3. The first-order valence-corrected chi connectivity index (χ1v) is 16.0. The number of piperidine rings is 2. The molecule has 8 heteroatoms. The molecule has 2 heterocycles. The summed E-state index contributed by atoms with van der Waals surface area (Å²) in [4.78, 5) is 14.2. The van der Waals surface area contributed by atoms with E-state index in [1.165, 1.54) is 5.56 Å². The number of rotatable bonds is 5. The third kappa shape index (κ3) is 4.88. The van der Waals surface area contributed by atoms with Crippen molar-refractivity contribution < 1.29 is 9.00 Å². The van der Waals surface area contributed by atoms with Crippen LogP contribution in [0.15, 0.2) is 89.8 Å². The van der Waals surface area contributed by atoms with Gasteiger partial charge in [-0.15, -0.1) is 0 Å². The Morgan fingerprint density at radius 2 is 1.47 bits per heavy atom. The van der Waals surface area contributed by atoms with Crippen molar-refractivity contribution in [2.45, 2.75) is 35.9 Å². The van der Waals surface area contributed by atoms with Crippen LogP contribution in [0.5, 0.6) is 0 Å². The fraction of sp³-hybridized carbons (Fsp3) is 0.269. The molecule has 2 saturated heterocycles. The molecule has 2 aliphatic rings. The van der Waals surface area contributed by atoms with Crippen molar-refractivity contribution in [1.29, 1.82) is 0 Å². The van der Waals surface area contributed by atoms with Crippen LogP contribution in [0.1, 0.15) is 36.1 Å². The van der Waals surface area contributed by atoms with Crippen molar-refractivity contribution in [3.05, 3.63) is 101 Å². The van der Waals surface area contributed by atoms with Gasteiger partial charge in [0.25, 0.3) is 0 Å². The van der Waals surface area contributed by atoms with E-state index in [9.17, 15) is 9.00 Å². The molecular formula is C26H24ClIN2O2S2. The van der Waals surface area contributed by atoms with Crippen molar-refractivity contribution in [3.63, 3.8) is 0 Å². The first-order valence-electron chi connectivity index (χ1n) is 11.2. The van der Waals surface area contributed by atoms with Crippen molar-refractivity contribution in [2.24, 2.45) is 5.92 Å². The number of Topliss-reactive ketones (excluding diaryl/α,β-unsaturated/α-hetero) is 1. The first kappa shape index (κ1) is 24.5. The predicted molar refractivity (Wildman–Crippen MR) is 148 cm³/mol. The molecule has 0 aromatic heterocycles. The molecule has 5 atom stereocenters. The van der Waals surface area contributed by atoms with E-state index in [-0.39, 0.29) is 29.8 Å². The molecule has 176 valence electrons. The Bertz CT molecular complexity index is 1170. The lowest BCUT2D eigenvalue weighted by Crippen LogP contribution is -2.57. The third-order valence-electron chi connectivity index (χ3n) is 6.77. The van der Waals surface area contributed by atoms with Crippen LogP contribution in [0.4, 0.5) is 0 Å². The van der Waals surface area contributed by atoms with Crippen molar-refractivity contribution in [3.8, 4) is 0 Å². The minimum Gasteiger partial charge on any atom is -0.299 e. The van der Waals surface area contributed by atoms with Gasteiger partial charge in [0.05, 0.1) is 10.9 Å². The summed E-state index contributed by atoms with van der Waals surface area (Å²) in [5.41, 5.74) is 2.29. The molecule has 0 aliphatic carbocycles. The first-order chi connectivity index (χ1) is 16.6. The number of fused-ring (bicyclic) bond motifs is 1. The zero-order chi connectivity index (χ0) is 23.7. The lowest BCUT2D eigenvalue weighted by atomic mass is 9.77. The van der Waals surface area contributed by atoms with E-state index >= 15 is 0 Å². The molecule has 0 bridgehead atoms. The van der Waals surface area contributed by atoms with E-state index in [0.717, 1.165) is 12.0 Å². The average molecular weight is 623 g/mol. The minimum atomic E-state index is -1.40. The molecule has 0 N–H and O–H groups in total. The van der Waals surface area contributed by atoms with Crippen LogP contribution in [-0.4, -0.2) is 31.2 Å². The molecule has 4 nitrogen and oxygen atoms in total. The van der Waals surface area contributed by atoms with Crippen molar-refractivity contribution >= 4 is 58.7 Å². The number of nitrogens with zero attached hydrogens (tertiary/aromatic N) is 2. The summed E-state index contributed by atoms with van der Waals surface area (Å²) in [6.45, 7) is 0.466. The van der Waals surface area contributed by atoms with E-state index in [0.29, 0.717) is 22.9 Å². The van der Waals surface area contributed by atoms with Crippen LogP contribution in [0.25, 0.3) is 0 Å². The summed E-state index contributed by atoms with van der Waals surface area (Å²) in [7, 11) is 0.282. The standard InChI is InChI=1S/C26H24ClIN2O2S2/c27-20-11-13-21(14-12-20)34(32)29-17-22-25(15-23(29)18-7-3-1-4-8-18)30(33-28)24(16-26(22)31)19-9-5-2-6-10-19/h1-14,22-25H,15-17H2/t22-,23+,24+,25+,34?/m1/s1. The van der Waals surface area contributed by atoms with E-state index in [2.05, 4.69) is 49.8 Å². The molecule has 0 spiro atoms. The van der Waals surface area contributed by atoms with Gasteiger partial charge in [0, 0.05) is 57.2 Å². The molecule has 2 fully saturated rings. The van der Waals surface area contributed by atoms with Gasteiger partial charge >= 0.3 is 0 Å². The van der Waals surface area contributed by atoms with Crippen LogP contribution in [0.2, 0.25) is 5.02 Å². The number of carbonyl (C=O) groups is 1. The number of carbonyl (C=O) groups excluding carboxylic acids is 1. The predicted octanol–water partition coefficient (Wildman–Crippen LogP) is 6.81. The Hall–Kier alpha value is -1.23. The quantitative estimate of drug-likeness (QED) is 0.232. The van der Waals surface area contributed by atoms with E-state index < -0.39 is 11.0 Å². The second-order valence-electron chi connectivity index (χ2n) is 8.66. The average Bonchev–Trinajstić information content (AvgIpc) is 2.89. The largest absolute Gasteiger partial charge is 0.299 e. The number of halogens is 2. The Morgan fingerprint density at radius 1 is 0.882 bits per heavy atom. The van der Waals surface area contributed by atoms with Crippen molar-refractivity contribution in [2.75, 3.05) is 6.54 Å². The topological polar surface area (TPSA) is 40.6 Å². The number of hydrogen-bond donors (Lipinski definition) is 0. The van der Waals surface area contributed by atoms with E-state index in [1.807, 2.05) is 52.8 Å². The molecule has 3 aromatic carbocycles. The molecule has 0 radical (unpaired) electrons. The van der Waals surface area contributed by atoms with Gasteiger partial charge in [0.1, 0.15) is 16.8 Å². The van der Waals surface area contributed by atoms with Gasteiger partial charge in [-0.3, -0.25) is 4.79 Å². The van der Waals surface area contributed by atoms with Crippen LogP contribution in [0.3, 0.4) is 0 Å². The second kappa shape index (κ2) is 10.8. The minimum absolute atomic E-state index is 0.0431. The highest BCUT2D eigenvalue weighted by Gasteiger charge is 2.49. The molecular weight excluding hydrogens is 599 g/mol. The van der Waals surface area contributed by atoms with Gasteiger partial charge in [-0.1, -0.05) is 72.3 Å². The monoisotopic (exact) mass is 622 g/mol. The fourth-order valence-electron chi connectivity index (χ4n) is 5.10. The lowest BCUT2D eigenvalue weighted by molar-refractivity contribution is -0.131. The van der Waals surface area contributed by atoms with Gasteiger partial charge in [0.15, 0.2) is 0 Å². The van der Waals surface area contributed by atoms with Gasteiger partial charge < -0.3 is 0 Å². The molecule has 5 rings (SSSR count). The summed E-state index contributed by atoms with van der Waals surface area (Å²) < 4.78 is 18.2. The Kier molecular flexibility index (Phi) is 7.77. The van der Waals surface area contributed by atoms with Gasteiger partial charge in [-0.05, 0) is 50.9 Å². The summed E-state index contributed by atoms with van der Waals surface area (Å²) in [6.07, 6.45) is 1.21.